The Morgan fingerprint density at radius 1 is 1.24 bits per heavy atom. The number of hydrogen-bond donors (Lipinski definition) is 1. The minimum Gasteiger partial charge on any atom is -0.497 e. The van der Waals surface area contributed by atoms with E-state index < -0.39 is 12.6 Å². The van der Waals surface area contributed by atoms with Gasteiger partial charge in [0, 0.05) is 12.5 Å². The van der Waals surface area contributed by atoms with Gasteiger partial charge in [-0.1, -0.05) is 6.07 Å². The van der Waals surface area contributed by atoms with Crippen LogP contribution >= 0.6 is 0 Å². The van der Waals surface area contributed by atoms with Gasteiger partial charge in [-0.3, -0.25) is 0 Å². The van der Waals surface area contributed by atoms with Crippen LogP contribution in [0.3, 0.4) is 0 Å². The molecule has 0 radical (unpaired) electrons. The van der Waals surface area contributed by atoms with Crippen molar-refractivity contribution in [3.8, 4) is 5.75 Å². The second-order valence-electron chi connectivity index (χ2n) is 5.60. The predicted octanol–water partition coefficient (Wildman–Crippen LogP) is 3.87. The van der Waals surface area contributed by atoms with Crippen molar-refractivity contribution in [2.45, 2.75) is 50.7 Å². The third-order valence-electron chi connectivity index (χ3n) is 3.96. The first-order valence-electron chi connectivity index (χ1n) is 7.44. The van der Waals surface area contributed by atoms with E-state index >= 15 is 0 Å². The lowest BCUT2D eigenvalue weighted by molar-refractivity contribution is -0.135. The van der Waals surface area contributed by atoms with Crippen LogP contribution in [-0.2, 0) is 12.8 Å². The van der Waals surface area contributed by atoms with Crippen LogP contribution in [0.5, 0.6) is 5.75 Å². The third-order valence-corrected chi connectivity index (χ3v) is 3.96. The van der Waals surface area contributed by atoms with Gasteiger partial charge in [0.2, 0.25) is 0 Å². The normalized spacial score (nSPS) is 18.4. The molecule has 21 heavy (non-hydrogen) atoms. The van der Waals surface area contributed by atoms with Gasteiger partial charge in [0.05, 0.1) is 7.11 Å². The number of aryl methyl sites for hydroxylation is 1. The Morgan fingerprint density at radius 3 is 2.76 bits per heavy atom. The summed E-state index contributed by atoms with van der Waals surface area (Å²) in [5.41, 5.74) is 2.64. The molecule has 1 unspecified atom stereocenters. The number of ether oxygens (including phenoxy) is 1. The SMILES string of the molecule is COc1ccc2c(c1)CC(NCCCCC(F)(F)F)CC2. The van der Waals surface area contributed by atoms with Crippen molar-refractivity contribution < 1.29 is 17.9 Å². The van der Waals surface area contributed by atoms with E-state index in [1.807, 2.05) is 6.07 Å². The van der Waals surface area contributed by atoms with E-state index in [1.165, 1.54) is 11.1 Å². The molecule has 0 heterocycles. The van der Waals surface area contributed by atoms with Gasteiger partial charge in [-0.05, 0) is 61.9 Å². The fraction of sp³-hybridized carbons (Fsp3) is 0.625. The summed E-state index contributed by atoms with van der Waals surface area (Å²) in [7, 11) is 1.65. The summed E-state index contributed by atoms with van der Waals surface area (Å²) in [6, 6.07) is 6.50. The fourth-order valence-corrected chi connectivity index (χ4v) is 2.79. The number of unbranched alkanes of at least 4 members (excludes halogenated alkanes) is 1. The average molecular weight is 301 g/mol. The number of rotatable bonds is 6. The quantitative estimate of drug-likeness (QED) is 0.805. The van der Waals surface area contributed by atoms with Crippen molar-refractivity contribution in [3.63, 3.8) is 0 Å². The highest BCUT2D eigenvalue weighted by Gasteiger charge is 2.26. The second kappa shape index (κ2) is 7.16. The molecular formula is C16H22F3NO. The Balaban J connectivity index is 1.74. The molecule has 5 heteroatoms. The number of halogens is 3. The van der Waals surface area contributed by atoms with E-state index in [0.29, 0.717) is 19.0 Å². The Hall–Kier alpha value is -1.23. The highest BCUT2D eigenvalue weighted by molar-refractivity contribution is 5.37. The number of hydrogen-bond acceptors (Lipinski definition) is 2. The Kier molecular flexibility index (Phi) is 5.51. The van der Waals surface area contributed by atoms with Crippen molar-refractivity contribution in [1.29, 1.82) is 0 Å². The molecule has 0 amide bonds. The Bertz CT molecular complexity index is 459. The predicted molar refractivity (Wildman–Crippen MR) is 76.7 cm³/mol. The van der Waals surface area contributed by atoms with Crippen LogP contribution < -0.4 is 10.1 Å². The van der Waals surface area contributed by atoms with Gasteiger partial charge in [0.25, 0.3) is 0 Å². The van der Waals surface area contributed by atoms with Crippen LogP contribution in [0.4, 0.5) is 13.2 Å². The van der Waals surface area contributed by atoms with Crippen LogP contribution in [0.15, 0.2) is 18.2 Å². The number of benzene rings is 1. The monoisotopic (exact) mass is 301 g/mol. The van der Waals surface area contributed by atoms with Crippen molar-refractivity contribution >= 4 is 0 Å². The van der Waals surface area contributed by atoms with E-state index in [-0.39, 0.29) is 6.42 Å². The first-order chi connectivity index (χ1) is 9.98. The van der Waals surface area contributed by atoms with E-state index in [0.717, 1.165) is 25.0 Å². The fourth-order valence-electron chi connectivity index (χ4n) is 2.79. The molecule has 1 atom stereocenters. The summed E-state index contributed by atoms with van der Waals surface area (Å²) in [5, 5.41) is 3.38. The van der Waals surface area contributed by atoms with Gasteiger partial charge >= 0.3 is 6.18 Å². The maximum atomic E-state index is 12.0. The highest BCUT2D eigenvalue weighted by atomic mass is 19.4. The highest BCUT2D eigenvalue weighted by Crippen LogP contribution is 2.26. The number of fused-ring (bicyclic) bond motifs is 1. The molecule has 1 N–H and O–H groups in total. The topological polar surface area (TPSA) is 21.3 Å². The van der Waals surface area contributed by atoms with Gasteiger partial charge in [0.15, 0.2) is 0 Å². The van der Waals surface area contributed by atoms with Crippen molar-refractivity contribution in [3.05, 3.63) is 29.3 Å². The second-order valence-corrected chi connectivity index (χ2v) is 5.60. The minimum atomic E-state index is -4.03. The lowest BCUT2D eigenvalue weighted by Crippen LogP contribution is -2.35. The van der Waals surface area contributed by atoms with Gasteiger partial charge < -0.3 is 10.1 Å². The summed E-state index contributed by atoms with van der Waals surface area (Å²) in [5.74, 6) is 0.861. The molecule has 0 fully saturated rings. The summed E-state index contributed by atoms with van der Waals surface area (Å²) in [6.45, 7) is 0.653. The van der Waals surface area contributed by atoms with Crippen LogP contribution in [0.1, 0.15) is 36.8 Å². The van der Waals surface area contributed by atoms with Crippen molar-refractivity contribution in [1.82, 2.24) is 5.32 Å². The molecule has 1 aliphatic carbocycles. The van der Waals surface area contributed by atoms with Gasteiger partial charge in [-0.25, -0.2) is 0 Å². The molecule has 0 saturated carbocycles. The third kappa shape index (κ3) is 5.23. The molecular weight excluding hydrogens is 279 g/mol. The van der Waals surface area contributed by atoms with Crippen LogP contribution in [0.2, 0.25) is 0 Å². The summed E-state index contributed by atoms with van der Waals surface area (Å²) in [4.78, 5) is 0. The minimum absolute atomic E-state index is 0.202. The number of nitrogens with one attached hydrogen (secondary N) is 1. The number of alkyl halides is 3. The van der Waals surface area contributed by atoms with Crippen LogP contribution in [0.25, 0.3) is 0 Å². The van der Waals surface area contributed by atoms with E-state index in [9.17, 15) is 13.2 Å². The van der Waals surface area contributed by atoms with E-state index in [1.54, 1.807) is 7.11 Å². The maximum absolute atomic E-state index is 12.0. The zero-order valence-electron chi connectivity index (χ0n) is 12.3. The molecule has 118 valence electrons. The molecule has 1 aromatic rings. The summed E-state index contributed by atoms with van der Waals surface area (Å²) in [6.07, 6.45) is -0.960. The molecule has 0 bridgehead atoms. The molecule has 2 rings (SSSR count). The van der Waals surface area contributed by atoms with Gasteiger partial charge in [-0.15, -0.1) is 0 Å². The zero-order valence-corrected chi connectivity index (χ0v) is 12.3. The largest absolute Gasteiger partial charge is 0.497 e. The lowest BCUT2D eigenvalue weighted by atomic mass is 9.88. The van der Waals surface area contributed by atoms with Crippen molar-refractivity contribution in [2.75, 3.05) is 13.7 Å². The molecule has 0 aliphatic heterocycles. The van der Waals surface area contributed by atoms with Crippen LogP contribution in [-0.4, -0.2) is 25.9 Å². The van der Waals surface area contributed by atoms with Gasteiger partial charge in [0.1, 0.15) is 5.75 Å². The van der Waals surface area contributed by atoms with Crippen molar-refractivity contribution in [2.24, 2.45) is 0 Å². The van der Waals surface area contributed by atoms with Crippen LogP contribution in [0, 0.1) is 0 Å². The average Bonchev–Trinajstić information content (AvgIpc) is 2.45. The Morgan fingerprint density at radius 2 is 2.05 bits per heavy atom. The maximum Gasteiger partial charge on any atom is 0.389 e. The first kappa shape index (κ1) is 16.1. The lowest BCUT2D eigenvalue weighted by Gasteiger charge is -2.26. The first-order valence-corrected chi connectivity index (χ1v) is 7.44. The van der Waals surface area contributed by atoms with E-state index in [2.05, 4.69) is 17.4 Å². The molecule has 0 spiro atoms. The smallest absolute Gasteiger partial charge is 0.389 e. The summed E-state index contributed by atoms with van der Waals surface area (Å²) < 4.78 is 41.4. The zero-order chi connectivity index (χ0) is 15.3. The molecule has 2 nitrogen and oxygen atoms in total. The molecule has 0 saturated heterocycles. The molecule has 0 aromatic heterocycles. The molecule has 1 aliphatic rings. The Labute approximate surface area is 123 Å². The molecule has 1 aromatic carbocycles. The number of methoxy groups -OCH3 is 1. The summed E-state index contributed by atoms with van der Waals surface area (Å²) >= 11 is 0. The van der Waals surface area contributed by atoms with E-state index in [4.69, 9.17) is 4.74 Å². The standard InChI is InChI=1S/C16H22F3NO/c1-21-15-7-5-12-4-6-14(10-13(12)11-15)20-9-3-2-8-16(17,18)19/h5,7,11,14,20H,2-4,6,8-10H2,1H3. The van der Waals surface area contributed by atoms with Gasteiger partial charge in [-0.2, -0.15) is 13.2 Å².